The van der Waals surface area contributed by atoms with Crippen LogP contribution in [0, 0.1) is 5.41 Å². The highest BCUT2D eigenvalue weighted by atomic mass is 14.7. The summed E-state index contributed by atoms with van der Waals surface area (Å²) in [5, 5.41) is 7.33. The Balaban J connectivity index is -0.000000394. The number of benzene rings is 1. The molecule has 0 unspecified atom stereocenters. The number of para-hydroxylation sites is 1. The van der Waals surface area contributed by atoms with E-state index >= 15 is 0 Å². The van der Waals surface area contributed by atoms with Crippen molar-refractivity contribution in [1.82, 2.24) is 0 Å². The second-order valence-electron chi connectivity index (χ2n) is 2.99. The zero-order chi connectivity index (χ0) is 17.8. The zero-order valence-corrected chi connectivity index (χ0v) is 15.6. The van der Waals surface area contributed by atoms with Gasteiger partial charge >= 0.3 is 0 Å². The van der Waals surface area contributed by atoms with Crippen LogP contribution in [0.1, 0.15) is 55.4 Å². The van der Waals surface area contributed by atoms with Gasteiger partial charge in [-0.3, -0.25) is 0 Å². The van der Waals surface area contributed by atoms with Crippen molar-refractivity contribution < 1.29 is 0 Å². The first kappa shape index (κ1) is 25.0. The van der Waals surface area contributed by atoms with Crippen LogP contribution in [0.3, 0.4) is 0 Å². The molecule has 0 saturated heterocycles. The average Bonchev–Trinajstić information content (AvgIpc) is 2.65. The maximum Gasteiger partial charge on any atom is 0.0638 e. The third-order valence-electron chi connectivity index (χ3n) is 1.88. The molecule has 1 aliphatic rings. The van der Waals surface area contributed by atoms with Crippen molar-refractivity contribution in [3.8, 4) is 0 Å². The largest absolute Gasteiger partial charge is 0.301 e. The molecule has 0 aliphatic heterocycles. The molecule has 0 amide bonds. The summed E-state index contributed by atoms with van der Waals surface area (Å²) in [5.74, 6) is 0. The lowest BCUT2D eigenvalue weighted by Crippen LogP contribution is -1.97. The maximum atomic E-state index is 7.33. The van der Waals surface area contributed by atoms with E-state index in [0.29, 0.717) is 5.71 Å². The highest BCUT2D eigenvalue weighted by Gasteiger charge is 1.96. The van der Waals surface area contributed by atoms with Crippen LogP contribution in [-0.4, -0.2) is 11.4 Å². The van der Waals surface area contributed by atoms with E-state index in [4.69, 9.17) is 5.41 Å². The lowest BCUT2D eigenvalue weighted by atomic mass is 10.1. The first-order chi connectivity index (χ1) is 10.8. The molecule has 0 atom stereocenters. The minimum Gasteiger partial charge on any atom is -0.301 e. The fourth-order valence-electron chi connectivity index (χ4n) is 1.19. The predicted octanol–water partition coefficient (Wildman–Crippen LogP) is 7.01. The Morgan fingerprint density at radius 2 is 1.05 bits per heavy atom. The van der Waals surface area contributed by atoms with Crippen LogP contribution < -0.4 is 0 Å². The fraction of sp³-hybridized carbons (Fsp3) is 0.400. The van der Waals surface area contributed by atoms with E-state index in [-0.39, 0.29) is 0 Å². The van der Waals surface area contributed by atoms with Gasteiger partial charge < -0.3 is 5.41 Å². The van der Waals surface area contributed by atoms with Gasteiger partial charge in [0.1, 0.15) is 0 Å². The van der Waals surface area contributed by atoms with Crippen molar-refractivity contribution in [1.29, 1.82) is 5.41 Å². The number of hydrogen-bond donors (Lipinski definition) is 1. The van der Waals surface area contributed by atoms with Crippen molar-refractivity contribution >= 4 is 17.1 Å². The number of nitrogens with zero attached hydrogens (tertiary/aromatic N) is 1. The Labute approximate surface area is 138 Å². The molecule has 0 saturated carbocycles. The Kier molecular flexibility index (Phi) is 24.3. The monoisotopic (exact) mass is 302 g/mol. The minimum atomic E-state index is 0.511. The SMILES string of the molecule is CC.CC.CC.CC.N=C1C=CC(=Nc2ccccc2)C=C1. The van der Waals surface area contributed by atoms with E-state index in [2.05, 4.69) is 4.99 Å². The number of allylic oxidation sites excluding steroid dienone is 4. The third-order valence-corrected chi connectivity index (χ3v) is 1.88. The molecule has 0 fully saturated rings. The predicted molar refractivity (Wildman–Crippen MR) is 105 cm³/mol. The average molecular weight is 303 g/mol. The molecule has 22 heavy (non-hydrogen) atoms. The molecule has 0 aromatic heterocycles. The van der Waals surface area contributed by atoms with E-state index in [9.17, 15) is 0 Å². The topological polar surface area (TPSA) is 36.2 Å². The normalized spacial score (nSPS) is 10.4. The van der Waals surface area contributed by atoms with Gasteiger partial charge in [0.15, 0.2) is 0 Å². The first-order valence-corrected chi connectivity index (χ1v) is 8.43. The van der Waals surface area contributed by atoms with Crippen molar-refractivity contribution in [2.24, 2.45) is 4.99 Å². The van der Waals surface area contributed by atoms with Gasteiger partial charge in [-0.1, -0.05) is 73.6 Å². The van der Waals surface area contributed by atoms with Gasteiger partial charge in [-0.2, -0.15) is 0 Å². The summed E-state index contributed by atoms with van der Waals surface area (Å²) in [6, 6.07) is 9.78. The Morgan fingerprint density at radius 1 is 0.636 bits per heavy atom. The number of rotatable bonds is 1. The summed E-state index contributed by atoms with van der Waals surface area (Å²) >= 11 is 0. The molecular formula is C20H34N2. The number of hydrogen-bond acceptors (Lipinski definition) is 2. The molecule has 2 nitrogen and oxygen atoms in total. The van der Waals surface area contributed by atoms with Gasteiger partial charge in [-0.05, 0) is 36.4 Å². The molecule has 0 spiro atoms. The molecule has 1 aromatic rings. The molecule has 1 N–H and O–H groups in total. The Hall–Kier alpha value is -1.96. The lowest BCUT2D eigenvalue weighted by Gasteiger charge is -2.00. The van der Waals surface area contributed by atoms with Crippen LogP contribution >= 0.6 is 0 Å². The first-order valence-electron chi connectivity index (χ1n) is 8.43. The highest BCUT2D eigenvalue weighted by molar-refractivity contribution is 6.17. The number of nitrogens with one attached hydrogen (secondary N) is 1. The van der Waals surface area contributed by atoms with E-state index in [1.807, 2.05) is 97.9 Å². The smallest absolute Gasteiger partial charge is 0.0638 e. The van der Waals surface area contributed by atoms with Gasteiger partial charge in [0.05, 0.1) is 17.1 Å². The maximum absolute atomic E-state index is 7.33. The van der Waals surface area contributed by atoms with Crippen molar-refractivity contribution in [3.63, 3.8) is 0 Å². The standard InChI is InChI=1S/C12H10N2.4C2H6/c13-10-6-8-12(9-7-10)14-11-4-2-1-3-5-11;4*1-2/h1-9,13H;4*1-2H3. The quantitative estimate of drug-likeness (QED) is 0.542. The van der Waals surface area contributed by atoms with Gasteiger partial charge in [-0.25, -0.2) is 4.99 Å². The summed E-state index contributed by atoms with van der Waals surface area (Å²) in [4.78, 5) is 4.40. The van der Waals surface area contributed by atoms with Crippen molar-refractivity contribution in [3.05, 3.63) is 54.6 Å². The number of aliphatic imine (C=N–C) groups is 1. The van der Waals surface area contributed by atoms with Gasteiger partial charge in [0, 0.05) is 0 Å². The van der Waals surface area contributed by atoms with Gasteiger partial charge in [0.2, 0.25) is 0 Å². The lowest BCUT2D eigenvalue weighted by molar-refractivity contribution is 1.50. The summed E-state index contributed by atoms with van der Waals surface area (Å²) < 4.78 is 0. The molecular weight excluding hydrogens is 268 g/mol. The fourth-order valence-corrected chi connectivity index (χ4v) is 1.19. The van der Waals surface area contributed by atoms with Crippen LogP contribution in [0.15, 0.2) is 59.6 Å². The molecule has 2 heteroatoms. The molecule has 2 rings (SSSR count). The van der Waals surface area contributed by atoms with E-state index in [0.717, 1.165) is 11.4 Å². The second-order valence-corrected chi connectivity index (χ2v) is 2.99. The van der Waals surface area contributed by atoms with Crippen LogP contribution in [0.4, 0.5) is 5.69 Å². The molecule has 0 heterocycles. The Morgan fingerprint density at radius 3 is 1.45 bits per heavy atom. The summed E-state index contributed by atoms with van der Waals surface area (Å²) in [6.45, 7) is 16.0. The summed E-state index contributed by atoms with van der Waals surface area (Å²) in [7, 11) is 0. The Bertz CT molecular complexity index is 408. The van der Waals surface area contributed by atoms with Crippen LogP contribution in [0.5, 0.6) is 0 Å². The van der Waals surface area contributed by atoms with Crippen LogP contribution in [-0.2, 0) is 0 Å². The van der Waals surface area contributed by atoms with E-state index in [1.165, 1.54) is 0 Å². The highest BCUT2D eigenvalue weighted by Crippen LogP contribution is 2.11. The molecule has 0 bridgehead atoms. The van der Waals surface area contributed by atoms with E-state index < -0.39 is 0 Å². The molecule has 124 valence electrons. The molecule has 1 aromatic carbocycles. The summed E-state index contributed by atoms with van der Waals surface area (Å²) in [6.07, 6.45) is 7.16. The second kappa shape index (κ2) is 21.3. The van der Waals surface area contributed by atoms with Gasteiger partial charge in [-0.15, -0.1) is 0 Å². The third kappa shape index (κ3) is 13.0. The van der Waals surface area contributed by atoms with Gasteiger partial charge in [0.25, 0.3) is 0 Å². The minimum absolute atomic E-state index is 0.511. The van der Waals surface area contributed by atoms with Crippen molar-refractivity contribution in [2.75, 3.05) is 0 Å². The van der Waals surface area contributed by atoms with E-state index in [1.54, 1.807) is 12.2 Å². The van der Waals surface area contributed by atoms with Crippen LogP contribution in [0.25, 0.3) is 0 Å². The van der Waals surface area contributed by atoms with Crippen LogP contribution in [0.2, 0.25) is 0 Å². The summed E-state index contributed by atoms with van der Waals surface area (Å²) in [5.41, 5.74) is 2.33. The van der Waals surface area contributed by atoms with Crippen molar-refractivity contribution in [2.45, 2.75) is 55.4 Å². The molecule has 0 radical (unpaired) electrons. The zero-order valence-electron chi connectivity index (χ0n) is 15.6. The molecule has 1 aliphatic carbocycles.